The first-order chi connectivity index (χ1) is 10.4. The largest absolute Gasteiger partial charge is 0.481 e. The van der Waals surface area contributed by atoms with Crippen molar-refractivity contribution in [3.63, 3.8) is 0 Å². The molecular formula is C17H23NO4. The Balaban J connectivity index is 2.33. The molecule has 1 heterocycles. The van der Waals surface area contributed by atoms with Crippen molar-refractivity contribution in [1.82, 2.24) is 0 Å². The molecule has 5 nitrogen and oxygen atoms in total. The first kappa shape index (κ1) is 16.5. The molecule has 0 saturated carbocycles. The predicted molar refractivity (Wildman–Crippen MR) is 84.0 cm³/mol. The lowest BCUT2D eigenvalue weighted by molar-refractivity contribution is -0.140. The highest BCUT2D eigenvalue weighted by Gasteiger charge is 2.31. The van der Waals surface area contributed by atoms with Crippen LogP contribution in [0, 0.1) is 19.8 Å². The summed E-state index contributed by atoms with van der Waals surface area (Å²) in [5.41, 5.74) is 2.76. The number of ether oxygens (including phenoxy) is 1. The van der Waals surface area contributed by atoms with Crippen LogP contribution in [0.1, 0.15) is 30.9 Å². The number of carbonyl (C=O) groups excluding carboxylic acids is 1. The summed E-state index contributed by atoms with van der Waals surface area (Å²) in [5.74, 6) is -1.68. The predicted octanol–water partition coefficient (Wildman–Crippen LogP) is 2.54. The first-order valence-electron chi connectivity index (χ1n) is 7.63. The molecule has 1 aliphatic heterocycles. The molecule has 1 N–H and O–H groups in total. The van der Waals surface area contributed by atoms with Gasteiger partial charge < -0.3 is 14.7 Å². The van der Waals surface area contributed by atoms with Gasteiger partial charge in [0.2, 0.25) is 0 Å². The third-order valence-electron chi connectivity index (χ3n) is 4.00. The van der Waals surface area contributed by atoms with Gasteiger partial charge in [-0.2, -0.15) is 0 Å². The normalized spacial score (nSPS) is 19.0. The van der Waals surface area contributed by atoms with Crippen LogP contribution in [0.4, 0.5) is 5.69 Å². The van der Waals surface area contributed by atoms with E-state index in [1.54, 1.807) is 11.8 Å². The summed E-state index contributed by atoms with van der Waals surface area (Å²) in [6.45, 7) is 6.24. The van der Waals surface area contributed by atoms with Crippen LogP contribution in [0.3, 0.4) is 0 Å². The molecule has 5 heteroatoms. The highest BCUT2D eigenvalue weighted by Crippen LogP contribution is 2.26. The van der Waals surface area contributed by atoms with E-state index in [4.69, 9.17) is 4.74 Å². The first-order valence-corrected chi connectivity index (χ1v) is 7.63. The molecule has 2 atom stereocenters. The van der Waals surface area contributed by atoms with Crippen LogP contribution in [0.25, 0.3) is 0 Å². The van der Waals surface area contributed by atoms with Gasteiger partial charge in [-0.1, -0.05) is 19.1 Å². The summed E-state index contributed by atoms with van der Waals surface area (Å²) in [6, 6.07) is 5.86. The summed E-state index contributed by atoms with van der Waals surface area (Å²) >= 11 is 0. The maximum atomic E-state index is 12.8. The van der Waals surface area contributed by atoms with Gasteiger partial charge in [-0.25, -0.2) is 0 Å². The molecule has 0 spiro atoms. The number of aryl methyl sites for hydroxylation is 2. The zero-order valence-electron chi connectivity index (χ0n) is 13.3. The van der Waals surface area contributed by atoms with E-state index in [-0.39, 0.29) is 12.5 Å². The summed E-state index contributed by atoms with van der Waals surface area (Å²) in [4.78, 5) is 25.5. The molecular weight excluding hydrogens is 282 g/mol. The minimum absolute atomic E-state index is 0.140. The molecule has 2 unspecified atom stereocenters. The maximum Gasteiger partial charge on any atom is 0.308 e. The van der Waals surface area contributed by atoms with Crippen molar-refractivity contribution in [2.45, 2.75) is 39.7 Å². The molecule has 1 saturated heterocycles. The Labute approximate surface area is 130 Å². The number of hydrogen-bond acceptors (Lipinski definition) is 3. The Bertz CT molecular complexity index is 564. The number of aliphatic carboxylic acids is 1. The lowest BCUT2D eigenvalue weighted by Crippen LogP contribution is -2.43. The molecule has 1 amide bonds. The topological polar surface area (TPSA) is 66.8 Å². The summed E-state index contributed by atoms with van der Waals surface area (Å²) < 4.78 is 5.49. The third-order valence-corrected chi connectivity index (χ3v) is 4.00. The fraction of sp³-hybridized carbons (Fsp3) is 0.529. The second kappa shape index (κ2) is 6.92. The average Bonchev–Trinajstić information content (AvgIpc) is 3.00. The van der Waals surface area contributed by atoms with E-state index in [0.717, 1.165) is 23.2 Å². The number of rotatable bonds is 5. The van der Waals surface area contributed by atoms with E-state index in [1.807, 2.05) is 32.0 Å². The average molecular weight is 305 g/mol. The molecule has 1 aromatic carbocycles. The van der Waals surface area contributed by atoms with Gasteiger partial charge in [0, 0.05) is 18.8 Å². The van der Waals surface area contributed by atoms with E-state index in [1.165, 1.54) is 0 Å². The quantitative estimate of drug-likeness (QED) is 0.908. The third kappa shape index (κ3) is 3.65. The van der Waals surface area contributed by atoms with Gasteiger partial charge in [0.15, 0.2) is 0 Å². The van der Waals surface area contributed by atoms with Crippen molar-refractivity contribution in [1.29, 1.82) is 0 Å². The maximum absolute atomic E-state index is 12.8. The Hall–Kier alpha value is -1.88. The van der Waals surface area contributed by atoms with E-state index in [0.29, 0.717) is 13.0 Å². The lowest BCUT2D eigenvalue weighted by Gasteiger charge is -2.28. The van der Waals surface area contributed by atoms with Crippen LogP contribution in [-0.2, 0) is 14.3 Å². The monoisotopic (exact) mass is 305 g/mol. The van der Waals surface area contributed by atoms with E-state index in [2.05, 4.69) is 0 Å². The number of carbonyl (C=O) groups is 2. The van der Waals surface area contributed by atoms with Gasteiger partial charge in [-0.3, -0.25) is 9.59 Å². The van der Waals surface area contributed by atoms with Crippen LogP contribution in [0.15, 0.2) is 18.2 Å². The number of anilines is 1. The van der Waals surface area contributed by atoms with Crippen molar-refractivity contribution in [3.05, 3.63) is 29.3 Å². The minimum Gasteiger partial charge on any atom is -0.481 e. The van der Waals surface area contributed by atoms with Crippen molar-refractivity contribution in [2.24, 2.45) is 5.92 Å². The molecule has 1 fully saturated rings. The number of carboxylic acids is 1. The molecule has 0 aromatic heterocycles. The van der Waals surface area contributed by atoms with Gasteiger partial charge in [0.1, 0.15) is 6.10 Å². The molecule has 1 aromatic rings. The molecule has 0 bridgehead atoms. The summed E-state index contributed by atoms with van der Waals surface area (Å²) in [5, 5.41) is 9.18. The van der Waals surface area contributed by atoms with Gasteiger partial charge in [-0.15, -0.1) is 0 Å². The molecule has 1 aliphatic rings. The van der Waals surface area contributed by atoms with Crippen molar-refractivity contribution in [3.8, 4) is 0 Å². The van der Waals surface area contributed by atoms with Crippen molar-refractivity contribution >= 4 is 17.6 Å². The van der Waals surface area contributed by atoms with Gasteiger partial charge >= 0.3 is 5.97 Å². The highest BCUT2D eigenvalue weighted by molar-refractivity contribution is 5.98. The van der Waals surface area contributed by atoms with Gasteiger partial charge in [0.05, 0.1) is 5.92 Å². The SMILES string of the molecule is Cc1ccc(C)c(N(CC(C)C(=O)O)C(=O)C2CCCO2)c1. The van der Waals surface area contributed by atoms with Crippen LogP contribution in [-0.4, -0.2) is 36.2 Å². The van der Waals surface area contributed by atoms with Crippen molar-refractivity contribution in [2.75, 3.05) is 18.1 Å². The minimum atomic E-state index is -0.907. The van der Waals surface area contributed by atoms with E-state index >= 15 is 0 Å². The van der Waals surface area contributed by atoms with Gasteiger partial charge in [0.25, 0.3) is 5.91 Å². The highest BCUT2D eigenvalue weighted by atomic mass is 16.5. The Morgan fingerprint density at radius 1 is 1.41 bits per heavy atom. The number of benzene rings is 1. The van der Waals surface area contributed by atoms with E-state index < -0.39 is 18.0 Å². The van der Waals surface area contributed by atoms with Crippen LogP contribution < -0.4 is 4.90 Å². The zero-order chi connectivity index (χ0) is 16.3. The van der Waals surface area contributed by atoms with Crippen LogP contribution in [0.5, 0.6) is 0 Å². The summed E-state index contributed by atoms with van der Waals surface area (Å²) in [6.07, 6.45) is 1.11. The standard InChI is InChI=1S/C17H23NO4/c1-11-6-7-12(2)14(9-11)18(10-13(3)17(20)21)16(19)15-5-4-8-22-15/h6-7,9,13,15H,4-5,8,10H2,1-3H3,(H,20,21). The molecule has 0 radical (unpaired) electrons. The Kier molecular flexibility index (Phi) is 5.19. The van der Waals surface area contributed by atoms with Gasteiger partial charge in [-0.05, 0) is 43.9 Å². The summed E-state index contributed by atoms with van der Waals surface area (Å²) in [7, 11) is 0. The smallest absolute Gasteiger partial charge is 0.308 e. The van der Waals surface area contributed by atoms with Crippen LogP contribution >= 0.6 is 0 Å². The fourth-order valence-corrected chi connectivity index (χ4v) is 2.62. The van der Waals surface area contributed by atoms with E-state index in [9.17, 15) is 14.7 Å². The molecule has 2 rings (SSSR count). The van der Waals surface area contributed by atoms with Crippen LogP contribution in [0.2, 0.25) is 0 Å². The number of nitrogens with zero attached hydrogens (tertiary/aromatic N) is 1. The second-order valence-corrected chi connectivity index (χ2v) is 5.98. The molecule has 0 aliphatic carbocycles. The fourth-order valence-electron chi connectivity index (χ4n) is 2.62. The lowest BCUT2D eigenvalue weighted by atomic mass is 10.1. The number of carboxylic acid groups (broad SMARTS) is 1. The van der Waals surface area contributed by atoms with Crippen molar-refractivity contribution < 1.29 is 19.4 Å². The second-order valence-electron chi connectivity index (χ2n) is 5.98. The Morgan fingerprint density at radius 2 is 2.14 bits per heavy atom. The molecule has 22 heavy (non-hydrogen) atoms. The molecule has 120 valence electrons. The number of hydrogen-bond donors (Lipinski definition) is 1. The number of amides is 1. The zero-order valence-corrected chi connectivity index (χ0v) is 13.3. The Morgan fingerprint density at radius 3 is 2.73 bits per heavy atom.